The molecule has 18 nitrogen and oxygen atoms in total. The van der Waals surface area contributed by atoms with E-state index in [-0.39, 0.29) is 49.3 Å². The number of aromatic nitrogens is 4. The van der Waals surface area contributed by atoms with Crippen LogP contribution in [0.25, 0.3) is 11.4 Å². The van der Waals surface area contributed by atoms with Crippen LogP contribution in [-0.2, 0) is 36.8 Å². The Labute approximate surface area is 345 Å². The van der Waals surface area contributed by atoms with Gasteiger partial charge in [-0.2, -0.15) is 15.3 Å². The van der Waals surface area contributed by atoms with E-state index in [9.17, 15) is 36.9 Å². The number of sulfonamides is 2. The molecule has 57 heavy (non-hydrogen) atoms. The number of benzene rings is 4. The number of H-pyrrole nitrogens is 1. The third-order valence-electron chi connectivity index (χ3n) is 7.72. The predicted molar refractivity (Wildman–Crippen MR) is 202 cm³/mol. The zero-order valence-corrected chi connectivity index (χ0v) is 34.1. The Morgan fingerprint density at radius 1 is 0.667 bits per heavy atom. The molecule has 0 saturated carbocycles. The van der Waals surface area contributed by atoms with Crippen molar-refractivity contribution in [3.63, 3.8) is 0 Å². The Morgan fingerprint density at radius 2 is 1.11 bits per heavy atom. The topological polar surface area (TPSA) is 267 Å². The Bertz CT molecular complexity index is 2760. The first-order valence-electron chi connectivity index (χ1n) is 15.9. The number of hydrogen-bond acceptors (Lipinski definition) is 13. The van der Waals surface area contributed by atoms with E-state index < -0.39 is 43.0 Å². The Hall–Kier alpha value is -5.39. The second-order valence-corrected chi connectivity index (χ2v) is 16.0. The van der Waals surface area contributed by atoms with Crippen molar-refractivity contribution < 1.29 is 48.9 Å². The largest absolute Gasteiger partial charge is 3.00 e. The fourth-order valence-electron chi connectivity index (χ4n) is 4.73. The summed E-state index contributed by atoms with van der Waals surface area (Å²) >= 11 is 11.7. The first-order chi connectivity index (χ1) is 26.4. The number of nitrogens with one attached hydrogen (secondary N) is 3. The van der Waals surface area contributed by atoms with Gasteiger partial charge >= 0.3 is 16.8 Å². The first-order valence-corrected chi connectivity index (χ1v) is 19.6. The SMILES string of the molecule is CNS(=O)(=O)c1ccc([O-])c(N=Nc2c(C)[nH]n(-c3ccc(Cl)cc3)c2=O)c1.CNS(=O)(=O)c1ccc([O-])c(N=Nc2c(C)nn(-c3ccc(Cl)cc3)c2[O-])c1.[Co+3]. The van der Waals surface area contributed by atoms with Gasteiger partial charge in [0.1, 0.15) is 5.69 Å². The van der Waals surface area contributed by atoms with Gasteiger partial charge in [-0.15, -0.1) is 10.2 Å². The van der Waals surface area contributed by atoms with Gasteiger partial charge in [0.25, 0.3) is 5.56 Å². The van der Waals surface area contributed by atoms with Crippen molar-refractivity contribution in [2.24, 2.45) is 20.5 Å². The van der Waals surface area contributed by atoms with Gasteiger partial charge in [0.2, 0.25) is 20.0 Å². The fourth-order valence-corrected chi connectivity index (χ4v) is 6.48. The Morgan fingerprint density at radius 3 is 1.56 bits per heavy atom. The van der Waals surface area contributed by atoms with Crippen LogP contribution in [0, 0.1) is 13.8 Å². The van der Waals surface area contributed by atoms with E-state index >= 15 is 0 Å². The van der Waals surface area contributed by atoms with Crippen molar-refractivity contribution in [1.82, 2.24) is 29.0 Å². The molecule has 0 radical (unpaired) electrons. The molecule has 6 aromatic rings. The summed E-state index contributed by atoms with van der Waals surface area (Å²) < 4.78 is 54.2. The Kier molecular flexibility index (Phi) is 14.2. The van der Waals surface area contributed by atoms with Crippen LogP contribution in [0.15, 0.2) is 120 Å². The van der Waals surface area contributed by atoms with Crippen LogP contribution in [-0.4, -0.2) is 50.5 Å². The molecule has 2 heterocycles. The summed E-state index contributed by atoms with van der Waals surface area (Å²) in [7, 11) is -4.99. The average Bonchev–Trinajstić information content (AvgIpc) is 3.62. The van der Waals surface area contributed by atoms with Gasteiger partial charge in [-0.3, -0.25) is 9.89 Å². The number of azo groups is 2. The third-order valence-corrected chi connectivity index (χ3v) is 11.0. The summed E-state index contributed by atoms with van der Waals surface area (Å²) in [4.78, 5) is 12.3. The number of aromatic amines is 1. The second-order valence-electron chi connectivity index (χ2n) is 11.4. The summed E-state index contributed by atoms with van der Waals surface area (Å²) in [5.74, 6) is -1.59. The fraction of sp³-hybridized carbons (Fsp3) is 0.118. The maximum Gasteiger partial charge on any atom is 3.00 e. The van der Waals surface area contributed by atoms with E-state index in [4.69, 9.17) is 23.2 Å². The molecule has 0 aliphatic rings. The summed E-state index contributed by atoms with van der Waals surface area (Å²) in [6.45, 7) is 3.20. The summed E-state index contributed by atoms with van der Waals surface area (Å²) in [5.41, 5.74) is 0.813. The van der Waals surface area contributed by atoms with Gasteiger partial charge in [0, 0.05) is 15.9 Å². The van der Waals surface area contributed by atoms with Crippen LogP contribution in [0.1, 0.15) is 11.4 Å². The van der Waals surface area contributed by atoms with Gasteiger partial charge in [-0.25, -0.2) is 35.6 Å². The first kappa shape index (κ1) is 44.3. The van der Waals surface area contributed by atoms with Crippen LogP contribution in [0.2, 0.25) is 10.0 Å². The maximum absolute atomic E-state index is 12.6. The van der Waals surface area contributed by atoms with Crippen LogP contribution < -0.4 is 30.3 Å². The van der Waals surface area contributed by atoms with E-state index in [1.165, 1.54) is 24.8 Å². The minimum Gasteiger partial charge on any atom is -0.871 e. The maximum atomic E-state index is 12.6. The zero-order valence-electron chi connectivity index (χ0n) is 29.9. The van der Waals surface area contributed by atoms with Crippen LogP contribution in [0.4, 0.5) is 22.7 Å². The molecule has 3 N–H and O–H groups in total. The molecule has 0 aliphatic heterocycles. The number of hydrogen-bond donors (Lipinski definition) is 3. The molecule has 4 aromatic carbocycles. The van der Waals surface area contributed by atoms with Crippen LogP contribution in [0.3, 0.4) is 0 Å². The molecule has 6 rings (SSSR count). The van der Waals surface area contributed by atoms with Gasteiger partial charge in [-0.05, 0) is 101 Å². The minimum absolute atomic E-state index is 0. The molecule has 0 fully saturated rings. The number of halogens is 2. The van der Waals surface area contributed by atoms with Crippen molar-refractivity contribution in [3.8, 4) is 28.8 Å². The van der Waals surface area contributed by atoms with Crippen LogP contribution >= 0.6 is 23.2 Å². The van der Waals surface area contributed by atoms with Crippen molar-refractivity contribution >= 4 is 66.0 Å². The molecular weight excluding hydrogens is 870 g/mol. The molecule has 298 valence electrons. The normalized spacial score (nSPS) is 11.8. The molecule has 0 unspecified atom stereocenters. The average molecular weight is 900 g/mol. The van der Waals surface area contributed by atoms with Gasteiger partial charge in [-0.1, -0.05) is 46.8 Å². The molecule has 2 aromatic heterocycles. The summed E-state index contributed by atoms with van der Waals surface area (Å²) in [5, 5.41) is 59.8. The smallest absolute Gasteiger partial charge is 0.871 e. The molecule has 0 saturated heterocycles. The molecule has 0 spiro atoms. The predicted octanol–water partition coefficient (Wildman–Crippen LogP) is 4.83. The number of rotatable bonds is 10. The van der Waals surface area contributed by atoms with E-state index in [1.54, 1.807) is 62.4 Å². The van der Waals surface area contributed by atoms with E-state index in [1.807, 2.05) is 0 Å². The van der Waals surface area contributed by atoms with Crippen molar-refractivity contribution in [2.45, 2.75) is 23.6 Å². The monoisotopic (exact) mass is 898 g/mol. The van der Waals surface area contributed by atoms with Crippen molar-refractivity contribution in [1.29, 1.82) is 0 Å². The van der Waals surface area contributed by atoms with E-state index in [2.05, 4.69) is 40.1 Å². The number of nitrogens with zero attached hydrogens (tertiary/aromatic N) is 7. The molecule has 0 bridgehead atoms. The molecule has 0 amide bonds. The van der Waals surface area contributed by atoms with E-state index in [0.717, 1.165) is 35.0 Å². The molecular formula is C34H29Cl2CoN10O8S2. The van der Waals surface area contributed by atoms with Gasteiger partial charge in [0.05, 0.1) is 43.9 Å². The molecule has 0 atom stereocenters. The minimum atomic E-state index is -3.75. The second kappa shape index (κ2) is 18.2. The Balaban J connectivity index is 0.000000248. The molecule has 23 heteroatoms. The van der Waals surface area contributed by atoms with Gasteiger partial charge in [0.15, 0.2) is 5.69 Å². The summed E-state index contributed by atoms with van der Waals surface area (Å²) in [6.07, 6.45) is 0. The van der Waals surface area contributed by atoms with Crippen molar-refractivity contribution in [3.05, 3.63) is 117 Å². The van der Waals surface area contributed by atoms with Gasteiger partial charge < -0.3 is 15.3 Å². The van der Waals surface area contributed by atoms with E-state index in [0.29, 0.717) is 32.8 Å². The number of aryl methyl sites for hydroxylation is 2. The summed E-state index contributed by atoms with van der Waals surface area (Å²) in [6, 6.07) is 19.7. The third kappa shape index (κ3) is 10.1. The molecule has 0 aliphatic carbocycles. The standard InChI is InChI=1S/2C17H16ClN5O4S.Co/c2*1-10-16(17(25)23(22-10)12-5-3-11(18)4-6-12)21-20-14-9-13(7-8-15(14)24)28(26,27)19-2;/h3-9,19,24-25H,1-2H3;3-9,19,22,24H,1-2H3;/q;;+3/p-3. The van der Waals surface area contributed by atoms with Crippen molar-refractivity contribution in [2.75, 3.05) is 14.1 Å². The zero-order chi connectivity index (χ0) is 40.9. The van der Waals surface area contributed by atoms with Crippen LogP contribution in [0.5, 0.6) is 17.4 Å². The quantitative estimate of drug-likeness (QED) is 0.159.